The van der Waals surface area contributed by atoms with Gasteiger partial charge >= 0.3 is 0 Å². The molecule has 2 rings (SSSR count). The van der Waals surface area contributed by atoms with E-state index in [1.165, 1.54) is 13.2 Å². The second-order valence-electron chi connectivity index (χ2n) is 4.17. The average Bonchev–Trinajstić information content (AvgIpc) is 2.42. The van der Waals surface area contributed by atoms with Crippen LogP contribution in [-0.4, -0.2) is 18.1 Å². The van der Waals surface area contributed by atoms with Crippen LogP contribution in [0.1, 0.15) is 10.4 Å². The minimum Gasteiger partial charge on any atom is -0.504 e. The fourth-order valence-electron chi connectivity index (χ4n) is 1.76. The van der Waals surface area contributed by atoms with Gasteiger partial charge in [-0.25, -0.2) is 0 Å². The third kappa shape index (κ3) is 3.30. The number of aromatic hydroxyl groups is 1. The molecule has 5 nitrogen and oxygen atoms in total. The molecular formula is C14H12Br2N2O3. The second-order valence-corrected chi connectivity index (χ2v) is 5.88. The van der Waals surface area contributed by atoms with Crippen molar-refractivity contribution in [2.24, 2.45) is 0 Å². The molecule has 0 spiro atoms. The maximum absolute atomic E-state index is 12.3. The maximum Gasteiger partial charge on any atom is 0.259 e. The van der Waals surface area contributed by atoms with E-state index in [1.54, 1.807) is 24.3 Å². The summed E-state index contributed by atoms with van der Waals surface area (Å²) in [5, 5.41) is 12.7. The number of rotatable bonds is 3. The van der Waals surface area contributed by atoms with E-state index in [1.807, 2.05) is 0 Å². The molecule has 0 aliphatic rings. The Morgan fingerprint density at radius 1 is 1.29 bits per heavy atom. The van der Waals surface area contributed by atoms with Gasteiger partial charge in [0.25, 0.3) is 5.91 Å². The number of carbonyl (C=O) groups is 1. The number of amides is 1. The summed E-state index contributed by atoms with van der Waals surface area (Å²) in [6.45, 7) is 0. The number of phenolic OH excluding ortho intramolecular Hbond substituents is 1. The number of nitrogens with one attached hydrogen (secondary N) is 1. The third-order valence-corrected chi connectivity index (χ3v) is 4.02. The third-order valence-electron chi connectivity index (χ3n) is 2.77. The lowest BCUT2D eigenvalue weighted by molar-refractivity contribution is 0.102. The lowest BCUT2D eigenvalue weighted by atomic mass is 10.1. The summed E-state index contributed by atoms with van der Waals surface area (Å²) in [6.07, 6.45) is 0. The summed E-state index contributed by atoms with van der Waals surface area (Å²) in [6, 6.07) is 8.05. The van der Waals surface area contributed by atoms with Gasteiger partial charge in [0.1, 0.15) is 0 Å². The summed E-state index contributed by atoms with van der Waals surface area (Å²) in [7, 11) is 1.42. The highest BCUT2D eigenvalue weighted by atomic mass is 79.9. The van der Waals surface area contributed by atoms with E-state index in [-0.39, 0.29) is 17.1 Å². The number of hydrogen-bond acceptors (Lipinski definition) is 4. The van der Waals surface area contributed by atoms with E-state index in [0.29, 0.717) is 20.3 Å². The minimum atomic E-state index is -0.461. The Kier molecular flexibility index (Phi) is 4.74. The first-order valence-corrected chi connectivity index (χ1v) is 7.44. The average molecular weight is 416 g/mol. The Labute approximate surface area is 138 Å². The Hall–Kier alpha value is -1.73. The summed E-state index contributed by atoms with van der Waals surface area (Å²) >= 11 is 6.67. The predicted octanol–water partition coefficient (Wildman–Crippen LogP) is 3.76. The SMILES string of the molecule is COc1cccc(C(=O)Nc2c(Br)cc(N)cc2Br)c1O. The number of hydrogen-bond donors (Lipinski definition) is 3. The largest absolute Gasteiger partial charge is 0.504 e. The number of benzene rings is 2. The van der Waals surface area contributed by atoms with E-state index in [2.05, 4.69) is 37.2 Å². The molecule has 4 N–H and O–H groups in total. The molecule has 0 saturated heterocycles. The van der Waals surface area contributed by atoms with Crippen LogP contribution in [0, 0.1) is 0 Å². The molecule has 110 valence electrons. The number of ether oxygens (including phenoxy) is 1. The predicted molar refractivity (Wildman–Crippen MR) is 88.9 cm³/mol. The molecule has 0 bridgehead atoms. The van der Waals surface area contributed by atoms with Crippen LogP contribution in [0.25, 0.3) is 0 Å². The van der Waals surface area contributed by atoms with Gasteiger partial charge in [-0.2, -0.15) is 0 Å². The lowest BCUT2D eigenvalue weighted by Crippen LogP contribution is -2.13. The van der Waals surface area contributed by atoms with Crippen LogP contribution >= 0.6 is 31.9 Å². The summed E-state index contributed by atoms with van der Waals surface area (Å²) in [5.41, 5.74) is 6.90. The standard InChI is InChI=1S/C14H12Br2N2O3/c1-21-11-4-2-3-8(13(11)19)14(20)18-12-9(15)5-7(17)6-10(12)16/h2-6,19H,17H2,1H3,(H,18,20). The first kappa shape index (κ1) is 15.7. The summed E-state index contributed by atoms with van der Waals surface area (Å²) in [5.74, 6) is -0.434. The van der Waals surface area contributed by atoms with Crippen molar-refractivity contribution in [2.75, 3.05) is 18.2 Å². The number of halogens is 2. The van der Waals surface area contributed by atoms with Crippen LogP contribution in [-0.2, 0) is 0 Å². The second kappa shape index (κ2) is 6.36. The number of methoxy groups -OCH3 is 1. The van der Waals surface area contributed by atoms with Gasteiger partial charge in [0.15, 0.2) is 11.5 Å². The van der Waals surface area contributed by atoms with Crippen molar-refractivity contribution >= 4 is 49.1 Å². The van der Waals surface area contributed by atoms with Crippen LogP contribution in [0.2, 0.25) is 0 Å². The van der Waals surface area contributed by atoms with Gasteiger partial charge in [0, 0.05) is 14.6 Å². The van der Waals surface area contributed by atoms with Crippen molar-refractivity contribution in [2.45, 2.75) is 0 Å². The molecule has 0 aromatic heterocycles. The zero-order valence-electron chi connectivity index (χ0n) is 11.0. The van der Waals surface area contributed by atoms with Crippen LogP contribution in [0.3, 0.4) is 0 Å². The quantitative estimate of drug-likeness (QED) is 0.666. The monoisotopic (exact) mass is 414 g/mol. The van der Waals surface area contributed by atoms with E-state index in [0.717, 1.165) is 0 Å². The molecule has 0 heterocycles. The first-order chi connectivity index (χ1) is 9.93. The van der Waals surface area contributed by atoms with Gasteiger partial charge in [-0.15, -0.1) is 0 Å². The lowest BCUT2D eigenvalue weighted by Gasteiger charge is -2.12. The number of anilines is 2. The topological polar surface area (TPSA) is 84.6 Å². The van der Waals surface area contributed by atoms with Crippen molar-refractivity contribution in [1.29, 1.82) is 0 Å². The van der Waals surface area contributed by atoms with Crippen LogP contribution in [0.5, 0.6) is 11.5 Å². The molecule has 0 fully saturated rings. The normalized spacial score (nSPS) is 10.2. The fourth-order valence-corrected chi connectivity index (χ4v) is 3.18. The molecule has 2 aromatic rings. The van der Waals surface area contributed by atoms with Gasteiger partial charge in [0.05, 0.1) is 18.4 Å². The van der Waals surface area contributed by atoms with Crippen LogP contribution in [0.4, 0.5) is 11.4 Å². The molecule has 0 saturated carbocycles. The zero-order chi connectivity index (χ0) is 15.6. The van der Waals surface area contributed by atoms with Gasteiger partial charge < -0.3 is 20.9 Å². The van der Waals surface area contributed by atoms with Gasteiger partial charge in [-0.3, -0.25) is 4.79 Å². The number of carbonyl (C=O) groups excluding carboxylic acids is 1. The van der Waals surface area contributed by atoms with Crippen molar-refractivity contribution in [3.8, 4) is 11.5 Å². The fraction of sp³-hybridized carbons (Fsp3) is 0.0714. The molecule has 0 aliphatic carbocycles. The van der Waals surface area contributed by atoms with E-state index in [4.69, 9.17) is 10.5 Å². The zero-order valence-corrected chi connectivity index (χ0v) is 14.2. The maximum atomic E-state index is 12.3. The molecule has 21 heavy (non-hydrogen) atoms. The Morgan fingerprint density at radius 3 is 2.48 bits per heavy atom. The van der Waals surface area contributed by atoms with Crippen LogP contribution in [0.15, 0.2) is 39.3 Å². The summed E-state index contributed by atoms with van der Waals surface area (Å²) in [4.78, 5) is 12.3. The number of phenols is 1. The number of nitrogen functional groups attached to an aromatic ring is 1. The van der Waals surface area contributed by atoms with E-state index >= 15 is 0 Å². The Bertz CT molecular complexity index is 682. The summed E-state index contributed by atoms with van der Waals surface area (Å²) < 4.78 is 6.24. The van der Waals surface area contributed by atoms with E-state index < -0.39 is 5.91 Å². The first-order valence-electron chi connectivity index (χ1n) is 5.86. The van der Waals surface area contributed by atoms with Gasteiger partial charge in [0.2, 0.25) is 0 Å². The Balaban J connectivity index is 2.35. The molecule has 0 aliphatic heterocycles. The highest BCUT2D eigenvalue weighted by Gasteiger charge is 2.17. The van der Waals surface area contributed by atoms with Crippen molar-refractivity contribution in [1.82, 2.24) is 0 Å². The van der Waals surface area contributed by atoms with E-state index in [9.17, 15) is 9.90 Å². The molecule has 0 radical (unpaired) electrons. The molecular weight excluding hydrogens is 404 g/mol. The highest BCUT2D eigenvalue weighted by molar-refractivity contribution is 9.11. The number of para-hydroxylation sites is 1. The number of nitrogens with two attached hydrogens (primary N) is 1. The van der Waals surface area contributed by atoms with Crippen LogP contribution < -0.4 is 15.8 Å². The molecule has 0 atom stereocenters. The van der Waals surface area contributed by atoms with Gasteiger partial charge in [-0.05, 0) is 56.1 Å². The Morgan fingerprint density at radius 2 is 1.90 bits per heavy atom. The van der Waals surface area contributed by atoms with Gasteiger partial charge in [-0.1, -0.05) is 6.07 Å². The smallest absolute Gasteiger partial charge is 0.259 e. The molecule has 7 heteroatoms. The van der Waals surface area contributed by atoms with Crippen molar-refractivity contribution < 1.29 is 14.6 Å². The van der Waals surface area contributed by atoms with Crippen molar-refractivity contribution in [3.63, 3.8) is 0 Å². The minimum absolute atomic E-state index is 0.116. The highest BCUT2D eigenvalue weighted by Crippen LogP contribution is 2.35. The van der Waals surface area contributed by atoms with Crippen molar-refractivity contribution in [3.05, 3.63) is 44.8 Å². The molecule has 2 aromatic carbocycles. The molecule has 1 amide bonds. The molecule has 0 unspecified atom stereocenters.